The Morgan fingerprint density at radius 2 is 2.09 bits per heavy atom. The molecule has 11 heavy (non-hydrogen) atoms. The maximum absolute atomic E-state index is 8.08. The molecular weight excluding hydrogens is 312 g/mol. The molecule has 0 saturated carbocycles. The maximum atomic E-state index is 8.08. The zero-order valence-electron chi connectivity index (χ0n) is 6.08. The summed E-state index contributed by atoms with van der Waals surface area (Å²) in [5.74, 6) is 0. The molecule has 60 valence electrons. The van der Waals surface area contributed by atoms with Crippen LogP contribution in [-0.4, -0.2) is 37.4 Å². The Hall–Kier alpha value is -0.392. The number of hydrogen-bond acceptors (Lipinski definition) is 3. The largest absolute Gasteiger partial charge is 0.443 e. The first kappa shape index (κ1) is 10.6. The smallest absolute Gasteiger partial charge is 0.0137 e. The summed E-state index contributed by atoms with van der Waals surface area (Å²) in [4.78, 5) is 5.25. The van der Waals surface area contributed by atoms with Crippen LogP contribution in [0.3, 0.4) is 0 Å². The molecule has 4 nitrogen and oxygen atoms in total. The first-order chi connectivity index (χ1) is 4.93. The molecule has 1 N–H and O–H groups in total. The van der Waals surface area contributed by atoms with Gasteiger partial charge >= 0.3 is 0 Å². The Morgan fingerprint density at radius 1 is 1.45 bits per heavy atom. The first-order valence-electron chi connectivity index (χ1n) is 3.23. The molecule has 0 aromatic carbocycles. The summed E-state index contributed by atoms with van der Waals surface area (Å²) in [6.45, 7) is 3.69. The molecule has 1 rings (SSSR count). The number of nitrogens with one attached hydrogen (secondary N) is 1. The number of hydrogen-bond donors (Lipinski definition) is 1. The third-order valence-corrected chi connectivity index (χ3v) is 1.36. The molecule has 0 bridgehead atoms. The Bertz CT molecular complexity index is 156. The Kier molecular flexibility index (Phi) is 6.10. The van der Waals surface area contributed by atoms with Crippen molar-refractivity contribution in [2.45, 2.75) is 0 Å². The van der Waals surface area contributed by atoms with E-state index in [0.29, 0.717) is 0 Å². The minimum atomic E-state index is 0. The van der Waals surface area contributed by atoms with Crippen molar-refractivity contribution in [3.8, 4) is 6.19 Å². The monoisotopic (exact) mass is 321 g/mol. The minimum Gasteiger partial charge on any atom is -0.443 e. The van der Waals surface area contributed by atoms with Gasteiger partial charge in [0.05, 0.1) is 0 Å². The van der Waals surface area contributed by atoms with Gasteiger partial charge < -0.3 is 20.5 Å². The quantitative estimate of drug-likeness (QED) is 0.300. The van der Waals surface area contributed by atoms with Crippen molar-refractivity contribution in [1.82, 2.24) is 10.2 Å². The van der Waals surface area contributed by atoms with Gasteiger partial charge in [-0.2, -0.15) is 0 Å². The molecule has 1 aliphatic rings. The second kappa shape index (κ2) is 6.33. The SMILES string of the molecule is N#CN=[C-]N1CCNCC1.[W]. The fourth-order valence-electron chi connectivity index (χ4n) is 0.858. The van der Waals surface area contributed by atoms with Gasteiger partial charge in [0, 0.05) is 47.2 Å². The predicted molar refractivity (Wildman–Crippen MR) is 37.5 cm³/mol. The average molecular weight is 321 g/mol. The van der Waals surface area contributed by atoms with Crippen LogP contribution in [0.5, 0.6) is 0 Å². The molecule has 0 unspecified atom stereocenters. The molecule has 1 saturated heterocycles. The van der Waals surface area contributed by atoms with Crippen molar-refractivity contribution in [3.05, 3.63) is 0 Å². The van der Waals surface area contributed by atoms with Crippen LogP contribution in [0.2, 0.25) is 0 Å². The van der Waals surface area contributed by atoms with Crippen LogP contribution in [0, 0.1) is 11.5 Å². The Labute approximate surface area is 80.5 Å². The zero-order valence-corrected chi connectivity index (χ0v) is 9.01. The van der Waals surface area contributed by atoms with E-state index in [2.05, 4.69) is 16.6 Å². The van der Waals surface area contributed by atoms with Gasteiger partial charge in [-0.3, -0.25) is 0 Å². The van der Waals surface area contributed by atoms with Crippen molar-refractivity contribution in [2.75, 3.05) is 26.2 Å². The van der Waals surface area contributed by atoms with E-state index in [1.165, 1.54) is 0 Å². The number of rotatable bonds is 1. The maximum Gasteiger partial charge on any atom is 0.0137 e. The van der Waals surface area contributed by atoms with Crippen molar-refractivity contribution in [3.63, 3.8) is 0 Å². The summed E-state index contributed by atoms with van der Waals surface area (Å²) < 4.78 is 0. The van der Waals surface area contributed by atoms with Crippen LogP contribution in [0.1, 0.15) is 0 Å². The van der Waals surface area contributed by atoms with E-state index < -0.39 is 0 Å². The molecule has 0 aromatic rings. The van der Waals surface area contributed by atoms with Gasteiger partial charge in [0.1, 0.15) is 0 Å². The molecule has 0 aliphatic carbocycles. The molecule has 5 heteroatoms. The summed E-state index contributed by atoms with van der Waals surface area (Å²) in [5, 5.41) is 11.3. The summed E-state index contributed by atoms with van der Waals surface area (Å²) >= 11 is 0. The molecule has 0 amide bonds. The van der Waals surface area contributed by atoms with E-state index in [-0.39, 0.29) is 21.1 Å². The molecule has 1 aliphatic heterocycles. The molecule has 0 radical (unpaired) electrons. The average Bonchev–Trinajstić information content (AvgIpc) is 2.03. The van der Waals surface area contributed by atoms with Crippen LogP contribution in [0.25, 0.3) is 0 Å². The molecule has 1 heterocycles. The van der Waals surface area contributed by atoms with Gasteiger partial charge in [0.25, 0.3) is 0 Å². The second-order valence-electron chi connectivity index (χ2n) is 2.05. The Balaban J connectivity index is 0.000001000. The van der Waals surface area contributed by atoms with E-state index >= 15 is 0 Å². The van der Waals surface area contributed by atoms with Crippen molar-refractivity contribution < 1.29 is 21.1 Å². The van der Waals surface area contributed by atoms with E-state index in [4.69, 9.17) is 5.26 Å². The fourth-order valence-corrected chi connectivity index (χ4v) is 0.858. The molecule has 0 aromatic heterocycles. The van der Waals surface area contributed by atoms with Crippen molar-refractivity contribution in [2.24, 2.45) is 4.99 Å². The van der Waals surface area contributed by atoms with Gasteiger partial charge in [-0.05, 0) is 6.19 Å². The van der Waals surface area contributed by atoms with Crippen LogP contribution < -0.4 is 5.32 Å². The normalized spacial score (nSPS) is 17.5. The zero-order chi connectivity index (χ0) is 7.23. The number of nitrogens with zero attached hydrogens (tertiary/aromatic N) is 3. The van der Waals surface area contributed by atoms with Gasteiger partial charge in [0.15, 0.2) is 0 Å². The van der Waals surface area contributed by atoms with Gasteiger partial charge in [-0.25, -0.2) is 0 Å². The van der Waals surface area contributed by atoms with E-state index in [0.717, 1.165) is 26.2 Å². The third kappa shape index (κ3) is 4.13. The second-order valence-corrected chi connectivity index (χ2v) is 2.05. The van der Waals surface area contributed by atoms with Crippen LogP contribution >= 0.6 is 0 Å². The van der Waals surface area contributed by atoms with E-state index in [1.54, 1.807) is 6.19 Å². The molecular formula is C6H9N4W-. The van der Waals surface area contributed by atoms with Gasteiger partial charge in [0.2, 0.25) is 0 Å². The summed E-state index contributed by atoms with van der Waals surface area (Å²) in [7, 11) is 0. The summed E-state index contributed by atoms with van der Waals surface area (Å²) in [5.41, 5.74) is 0. The van der Waals surface area contributed by atoms with E-state index in [1.807, 2.05) is 4.90 Å². The molecule has 0 atom stereocenters. The summed E-state index contributed by atoms with van der Waals surface area (Å²) in [6.07, 6.45) is 4.30. The summed E-state index contributed by atoms with van der Waals surface area (Å²) in [6, 6.07) is 0. The van der Waals surface area contributed by atoms with E-state index in [9.17, 15) is 0 Å². The Morgan fingerprint density at radius 3 is 2.64 bits per heavy atom. The topological polar surface area (TPSA) is 51.4 Å². The predicted octanol–water partition coefficient (Wildman–Crippen LogP) is -0.725. The van der Waals surface area contributed by atoms with Gasteiger partial charge in [-0.1, -0.05) is 6.34 Å². The van der Waals surface area contributed by atoms with Crippen LogP contribution in [0.15, 0.2) is 4.99 Å². The minimum absolute atomic E-state index is 0. The van der Waals surface area contributed by atoms with Crippen LogP contribution in [0.4, 0.5) is 0 Å². The molecule has 0 spiro atoms. The number of nitriles is 1. The first-order valence-corrected chi connectivity index (χ1v) is 3.23. The number of piperazine rings is 1. The third-order valence-electron chi connectivity index (χ3n) is 1.36. The van der Waals surface area contributed by atoms with Crippen molar-refractivity contribution >= 4 is 6.34 Å². The number of aliphatic imine (C=N–C) groups is 1. The fraction of sp³-hybridized carbons (Fsp3) is 0.667. The standard InChI is InChI=1S/C6H9N4.W/c7-5-9-6-10-3-1-8-2-4-10;/h8H,1-4H2;/q-1;. The van der Waals surface area contributed by atoms with Crippen LogP contribution in [-0.2, 0) is 21.1 Å². The van der Waals surface area contributed by atoms with Gasteiger partial charge in [-0.15, -0.1) is 0 Å². The van der Waals surface area contributed by atoms with Crippen molar-refractivity contribution in [1.29, 1.82) is 5.26 Å². The molecule has 1 fully saturated rings.